The molecule has 4 amide bonds. The van der Waals surface area contributed by atoms with Crippen molar-refractivity contribution in [3.8, 4) is 0 Å². The molecule has 3 N–H and O–H groups in total. The fourth-order valence-electron chi connectivity index (χ4n) is 19.5. The van der Waals surface area contributed by atoms with Gasteiger partial charge in [-0.1, -0.05) is 237 Å². The second kappa shape index (κ2) is 41.8. The normalized spacial score (nSPS) is 20.9. The van der Waals surface area contributed by atoms with E-state index in [0.717, 1.165) is 104 Å². The van der Waals surface area contributed by atoms with Gasteiger partial charge in [0.15, 0.2) is 9.84 Å². The largest absolute Gasteiger partial charge is 0.393 e. The highest BCUT2D eigenvalue weighted by molar-refractivity contribution is 7.91. The lowest BCUT2D eigenvalue weighted by Crippen LogP contribution is -2.49. The van der Waals surface area contributed by atoms with Crippen LogP contribution >= 0.6 is 0 Å². The number of sulfone groups is 1. The van der Waals surface area contributed by atoms with Crippen molar-refractivity contribution in [1.29, 1.82) is 0 Å². The van der Waals surface area contributed by atoms with Crippen LogP contribution < -0.4 is 10.6 Å². The maximum absolute atomic E-state index is 11.6. The third-order valence-corrected chi connectivity index (χ3v) is 30.9. The number of benzene rings is 6. The van der Waals surface area contributed by atoms with E-state index in [4.69, 9.17) is 0 Å². The van der Waals surface area contributed by atoms with Crippen LogP contribution in [-0.4, -0.2) is 178 Å². The van der Waals surface area contributed by atoms with Crippen LogP contribution in [0.1, 0.15) is 254 Å². The van der Waals surface area contributed by atoms with Gasteiger partial charge in [-0.25, -0.2) is 8.42 Å². The van der Waals surface area contributed by atoms with E-state index < -0.39 is 9.84 Å². The number of aryl methyl sites for hydroxylation is 6. The molecule has 117 heavy (non-hydrogen) atoms. The minimum absolute atomic E-state index is 0.0546. The van der Waals surface area contributed by atoms with Crippen LogP contribution in [0.5, 0.6) is 0 Å². The van der Waals surface area contributed by atoms with E-state index in [1.54, 1.807) is 18.6 Å². The molecule has 6 saturated carbocycles. The molecular formula is C102H145N7O7S. The minimum Gasteiger partial charge on any atom is -0.393 e. The van der Waals surface area contributed by atoms with E-state index in [2.05, 4.69) is 212 Å². The Morgan fingerprint density at radius 3 is 1.08 bits per heavy atom. The first-order valence-corrected chi connectivity index (χ1v) is 47.1. The molecule has 6 aromatic carbocycles. The van der Waals surface area contributed by atoms with E-state index in [9.17, 15) is 32.7 Å². The molecule has 4 heterocycles. The number of piperidine rings is 1. The third kappa shape index (κ3) is 24.7. The van der Waals surface area contributed by atoms with Crippen molar-refractivity contribution < 1.29 is 32.7 Å². The van der Waals surface area contributed by atoms with Crippen molar-refractivity contribution in [1.82, 2.24) is 35.1 Å². The minimum atomic E-state index is -2.76. The summed E-state index contributed by atoms with van der Waals surface area (Å²) in [5.74, 6) is 1.44. The number of aliphatic hydroxyl groups excluding tert-OH is 1. The third-order valence-electron chi connectivity index (χ3n) is 29.3. The van der Waals surface area contributed by atoms with Gasteiger partial charge in [-0.05, 0) is 255 Å². The zero-order chi connectivity index (χ0) is 83.3. The highest BCUT2D eigenvalue weighted by atomic mass is 32.2. The predicted molar refractivity (Wildman–Crippen MR) is 481 cm³/mol. The number of rotatable bonds is 25. The summed E-state index contributed by atoms with van der Waals surface area (Å²) in [6, 6.07) is 54.1. The second-order valence-corrected chi connectivity index (χ2v) is 40.1. The Bertz CT molecular complexity index is 4240. The summed E-state index contributed by atoms with van der Waals surface area (Å²) in [5, 5.41) is 15.5. The second-order valence-electron chi connectivity index (χ2n) is 37.8. The zero-order valence-corrected chi connectivity index (χ0v) is 74.2. The number of aliphatic hydroxyl groups is 1. The van der Waals surface area contributed by atoms with Crippen LogP contribution in [0.4, 0.5) is 0 Å². The summed E-state index contributed by atoms with van der Waals surface area (Å²) in [5.41, 5.74) is 19.0. The number of nitrogens with zero attached hydrogens (tertiary/aromatic N) is 5. The lowest BCUT2D eigenvalue weighted by atomic mass is 9.62. The van der Waals surface area contributed by atoms with Crippen LogP contribution in [-0.2, 0) is 61.5 Å². The van der Waals surface area contributed by atoms with Gasteiger partial charge in [0.25, 0.3) is 0 Å². The summed E-state index contributed by atoms with van der Waals surface area (Å²) in [7, 11) is -0.867. The van der Waals surface area contributed by atoms with E-state index in [-0.39, 0.29) is 35.7 Å². The number of piperazine rings is 1. The Labute approximate surface area is 705 Å². The van der Waals surface area contributed by atoms with Crippen molar-refractivity contribution in [2.45, 2.75) is 268 Å². The quantitative estimate of drug-likeness (QED) is 0.0503. The first-order chi connectivity index (χ1) is 56.1. The van der Waals surface area contributed by atoms with Gasteiger partial charge in [0.1, 0.15) is 0 Å². The molecular weight excluding hydrogens is 1470 g/mol. The summed E-state index contributed by atoms with van der Waals surface area (Å²) in [4.78, 5) is 56.9. The molecule has 6 aromatic rings. The van der Waals surface area contributed by atoms with Crippen molar-refractivity contribution in [3.63, 3.8) is 0 Å². The molecule has 9 fully saturated rings. The van der Waals surface area contributed by atoms with Gasteiger partial charge in [0.2, 0.25) is 23.6 Å². The lowest BCUT2D eigenvalue weighted by Gasteiger charge is -2.44. The Balaban J connectivity index is 0.000000138. The average molecular weight is 1610 g/mol. The first kappa shape index (κ1) is 90.5. The molecule has 0 atom stereocenters. The van der Waals surface area contributed by atoms with Gasteiger partial charge in [0, 0.05) is 91.4 Å². The Kier molecular flexibility index (Phi) is 32.3. The smallest absolute Gasteiger partial charge is 0.246 e. The molecule has 0 bridgehead atoms. The van der Waals surface area contributed by atoms with Gasteiger partial charge < -0.3 is 35.3 Å². The molecule has 0 unspecified atom stereocenters. The molecule has 15 heteroatoms. The molecule has 16 rings (SSSR count). The average Bonchev–Trinajstić information content (AvgIpc) is 1.33. The summed E-state index contributed by atoms with van der Waals surface area (Å²) in [6.07, 6.45) is 35.8. The molecule has 636 valence electrons. The predicted octanol–water partition coefficient (Wildman–Crippen LogP) is 18.1. The van der Waals surface area contributed by atoms with E-state index in [0.29, 0.717) is 63.6 Å². The topological polar surface area (TPSA) is 163 Å². The molecule has 3 saturated heterocycles. The Morgan fingerprint density at radius 2 is 0.778 bits per heavy atom. The molecule has 6 aliphatic carbocycles. The van der Waals surface area contributed by atoms with Crippen molar-refractivity contribution in [2.24, 2.45) is 5.92 Å². The molecule has 10 aliphatic rings. The Hall–Kier alpha value is -7.27. The molecule has 14 nitrogen and oxygen atoms in total. The molecule has 4 aliphatic heterocycles. The number of hydrogen-bond acceptors (Lipinski definition) is 10. The number of carbonyl (C=O) groups is 4. The van der Waals surface area contributed by atoms with Crippen molar-refractivity contribution >= 4 is 33.5 Å². The fourth-order valence-corrected chi connectivity index (χ4v) is 20.7. The van der Waals surface area contributed by atoms with E-state index >= 15 is 0 Å². The van der Waals surface area contributed by atoms with Crippen LogP contribution in [0.3, 0.4) is 0 Å². The number of likely N-dealkylation sites (tertiary alicyclic amines) is 1. The molecule has 0 aromatic heterocycles. The van der Waals surface area contributed by atoms with Gasteiger partial charge in [-0.3, -0.25) is 24.1 Å². The van der Waals surface area contributed by atoms with Crippen LogP contribution in [0, 0.1) is 47.5 Å². The van der Waals surface area contributed by atoms with Crippen LogP contribution in [0.2, 0.25) is 0 Å². The first-order valence-electron chi connectivity index (χ1n) is 45.3. The molecule has 0 spiro atoms. The lowest BCUT2D eigenvalue weighted by molar-refractivity contribution is -0.128. The van der Waals surface area contributed by atoms with E-state index in [1.165, 1.54) is 196 Å². The zero-order valence-electron chi connectivity index (χ0n) is 73.4. The maximum atomic E-state index is 11.6. The number of amides is 4. The highest BCUT2D eigenvalue weighted by Gasteiger charge is 2.44. The number of hydrogen-bond donors (Lipinski definition) is 3. The Morgan fingerprint density at radius 1 is 0.462 bits per heavy atom. The fraction of sp³-hybridized carbons (Fsp3) is 0.588. The van der Waals surface area contributed by atoms with Gasteiger partial charge >= 0.3 is 0 Å². The van der Waals surface area contributed by atoms with Crippen LogP contribution in [0.15, 0.2) is 158 Å². The number of nitrogens with one attached hydrogen (secondary N) is 2. The van der Waals surface area contributed by atoms with Crippen LogP contribution in [0.25, 0.3) is 0 Å². The maximum Gasteiger partial charge on any atom is 0.246 e. The summed E-state index contributed by atoms with van der Waals surface area (Å²) in [6.45, 7) is 30.9. The van der Waals surface area contributed by atoms with Gasteiger partial charge in [-0.15, -0.1) is 0 Å². The SMILES string of the molecule is CC(=O)N(C)CCC1(c2ccc(C)cc2)CCC1.Cc1ccc(C2(CCN3CC=CC3=O)CCC2)cc1.Cc1ccc(C2(CCN3CCC(O)CC3)CCC2)cc1.Cc1ccc(C2(CCN3CCNC(=O)C3)CCC2)cc1.Cc1ccc(C2(CCN3CCS(=O)(=O)CC3)CCC2)cc1.Cc1ccc(C2(CCNC(=O)C(C)C)CCC2)cc1. The summed E-state index contributed by atoms with van der Waals surface area (Å²) >= 11 is 0. The summed E-state index contributed by atoms with van der Waals surface area (Å²) < 4.78 is 23.0. The standard InChI is InChI=1S/C18H27NO.C17H24N2O.C17H25NO2S.C17H21NO.C17H25NO.C16H23NO/c1-15-3-5-16(6-4-15)18(9-2-10-18)11-14-19-12-7-17(20)8-13-19;1-14-3-5-15(6-4-14)17(7-2-8-17)9-11-19-12-10-18-16(20)13-19;1-15-3-5-16(6-4-15)17(7-2-8-17)9-10-18-11-13-21(19,20)14-12-18;1-14-5-7-15(8-6-14)17(9-3-10-17)11-13-18-12-2-4-16(18)19;1-13(2)16(19)18-12-11-17(9-4-10-17)15-7-5-14(3)6-8-15;1-13-5-7-15(8-6-13)16(9-4-10-16)11-12-17(3)14(2)18/h3-6,17,20H,2,7-14H2,1H3;3-6H,2,7-13H2,1H3,(H,18,20);3-6H,2,7-14H2,1H3;2,4-8H,3,9-13H2,1H3;5-8,13H,4,9-12H2,1-3H3,(H,18,19);5-8H,4,9-12H2,1-3H3. The monoisotopic (exact) mass is 1610 g/mol. The number of carbonyl (C=O) groups excluding carboxylic acids is 4. The van der Waals surface area contributed by atoms with Crippen molar-refractivity contribution in [3.05, 3.63) is 225 Å². The highest BCUT2D eigenvalue weighted by Crippen LogP contribution is 2.52. The molecule has 0 radical (unpaired) electrons. The van der Waals surface area contributed by atoms with E-state index in [1.807, 2.05) is 36.8 Å². The van der Waals surface area contributed by atoms with Gasteiger partial charge in [-0.2, -0.15) is 0 Å². The van der Waals surface area contributed by atoms with Crippen molar-refractivity contribution in [2.75, 3.05) is 110 Å². The van der Waals surface area contributed by atoms with Gasteiger partial charge in [0.05, 0.1) is 24.2 Å².